The quantitative estimate of drug-likeness (QED) is 0.545. The van der Waals surface area contributed by atoms with Gasteiger partial charge in [-0.15, -0.1) is 4.99 Å². The molecular formula is C10H8N4O. The number of hydrogen-bond donors (Lipinski definition) is 0. The van der Waals surface area contributed by atoms with Crippen molar-refractivity contribution >= 4 is 11.9 Å². The molecule has 0 aliphatic rings. The first-order valence-corrected chi connectivity index (χ1v) is 4.37. The van der Waals surface area contributed by atoms with Crippen LogP contribution in [0.3, 0.4) is 0 Å². The van der Waals surface area contributed by atoms with Gasteiger partial charge in [-0.1, -0.05) is 6.07 Å². The molecule has 0 N–H and O–H groups in total. The standard InChI is InChI=1S/C10H8N4O/c1-8-6-10(12-7-15)14(13-8)9-4-2-3-5-11-9/h2-6H,1H3. The summed E-state index contributed by atoms with van der Waals surface area (Å²) in [5, 5.41) is 4.18. The number of hydrogen-bond acceptors (Lipinski definition) is 4. The van der Waals surface area contributed by atoms with Gasteiger partial charge in [-0.05, 0) is 19.1 Å². The van der Waals surface area contributed by atoms with Crippen LogP contribution in [-0.4, -0.2) is 20.8 Å². The van der Waals surface area contributed by atoms with Gasteiger partial charge in [0.1, 0.15) is 0 Å². The summed E-state index contributed by atoms with van der Waals surface area (Å²) in [7, 11) is 0. The maximum Gasteiger partial charge on any atom is 0.242 e. The predicted molar refractivity (Wildman–Crippen MR) is 53.9 cm³/mol. The van der Waals surface area contributed by atoms with E-state index in [1.165, 1.54) is 10.8 Å². The van der Waals surface area contributed by atoms with E-state index in [-0.39, 0.29) is 0 Å². The molecule has 5 heteroatoms. The van der Waals surface area contributed by atoms with Gasteiger partial charge < -0.3 is 0 Å². The van der Waals surface area contributed by atoms with E-state index in [4.69, 9.17) is 0 Å². The van der Waals surface area contributed by atoms with E-state index in [9.17, 15) is 4.79 Å². The topological polar surface area (TPSA) is 60.1 Å². The van der Waals surface area contributed by atoms with Crippen LogP contribution in [0.5, 0.6) is 0 Å². The fourth-order valence-electron chi connectivity index (χ4n) is 1.26. The second-order valence-corrected chi connectivity index (χ2v) is 2.95. The summed E-state index contributed by atoms with van der Waals surface area (Å²) in [5.41, 5.74) is 0.773. The highest BCUT2D eigenvalue weighted by molar-refractivity contribution is 5.48. The van der Waals surface area contributed by atoms with Crippen LogP contribution < -0.4 is 0 Å². The van der Waals surface area contributed by atoms with Crippen LogP contribution in [0.1, 0.15) is 5.69 Å². The average Bonchev–Trinajstić information content (AvgIpc) is 2.62. The molecule has 0 amide bonds. The number of aromatic nitrogens is 3. The molecule has 0 saturated carbocycles. The molecule has 74 valence electrons. The molecule has 0 fully saturated rings. The van der Waals surface area contributed by atoms with E-state index in [0.717, 1.165) is 5.69 Å². The predicted octanol–water partition coefficient (Wildman–Crippen LogP) is 1.54. The van der Waals surface area contributed by atoms with Crippen LogP contribution in [0.15, 0.2) is 35.5 Å². The molecule has 0 spiro atoms. The Kier molecular flexibility index (Phi) is 2.39. The minimum Gasteiger partial charge on any atom is -0.237 e. The van der Waals surface area contributed by atoms with Crippen LogP contribution in [0.25, 0.3) is 5.82 Å². The third kappa shape index (κ3) is 1.82. The number of aliphatic imine (C=N–C) groups is 1. The van der Waals surface area contributed by atoms with Gasteiger partial charge in [-0.25, -0.2) is 9.78 Å². The molecular weight excluding hydrogens is 192 g/mol. The summed E-state index contributed by atoms with van der Waals surface area (Å²) in [6.07, 6.45) is 3.15. The molecule has 15 heavy (non-hydrogen) atoms. The van der Waals surface area contributed by atoms with E-state index in [2.05, 4.69) is 15.1 Å². The van der Waals surface area contributed by atoms with E-state index in [1.54, 1.807) is 18.3 Å². The monoisotopic (exact) mass is 200 g/mol. The Morgan fingerprint density at radius 2 is 2.33 bits per heavy atom. The summed E-state index contributed by atoms with van der Waals surface area (Å²) in [4.78, 5) is 17.9. The maximum absolute atomic E-state index is 10.2. The second kappa shape index (κ2) is 3.86. The van der Waals surface area contributed by atoms with E-state index in [0.29, 0.717) is 11.6 Å². The van der Waals surface area contributed by atoms with Crippen molar-refractivity contribution in [2.75, 3.05) is 0 Å². The molecule has 0 unspecified atom stereocenters. The molecule has 0 aliphatic carbocycles. The minimum atomic E-state index is 0.432. The molecule has 0 radical (unpaired) electrons. The van der Waals surface area contributed by atoms with Crippen LogP contribution in [0, 0.1) is 6.92 Å². The molecule has 0 aliphatic heterocycles. The van der Waals surface area contributed by atoms with Gasteiger partial charge in [-0.2, -0.15) is 9.78 Å². The lowest BCUT2D eigenvalue weighted by Crippen LogP contribution is -1.98. The Morgan fingerprint density at radius 3 is 3.00 bits per heavy atom. The van der Waals surface area contributed by atoms with Crippen molar-refractivity contribution in [2.24, 2.45) is 4.99 Å². The highest BCUT2D eigenvalue weighted by atomic mass is 16.1. The highest BCUT2D eigenvalue weighted by Crippen LogP contribution is 2.17. The molecule has 0 saturated heterocycles. The summed E-state index contributed by atoms with van der Waals surface area (Å²) >= 11 is 0. The lowest BCUT2D eigenvalue weighted by atomic mass is 10.4. The van der Waals surface area contributed by atoms with Crippen LogP contribution in [0.2, 0.25) is 0 Å². The number of isocyanates is 1. The molecule has 2 aromatic heterocycles. The van der Waals surface area contributed by atoms with Crippen molar-refractivity contribution in [1.82, 2.24) is 14.8 Å². The molecule has 0 atom stereocenters. The molecule has 2 aromatic rings. The van der Waals surface area contributed by atoms with E-state index in [1.807, 2.05) is 19.1 Å². The number of aryl methyl sites for hydroxylation is 1. The average molecular weight is 200 g/mol. The number of nitrogens with zero attached hydrogens (tertiary/aromatic N) is 4. The molecule has 2 rings (SSSR count). The van der Waals surface area contributed by atoms with Crippen molar-refractivity contribution in [1.29, 1.82) is 0 Å². The van der Waals surface area contributed by atoms with Gasteiger partial charge >= 0.3 is 0 Å². The van der Waals surface area contributed by atoms with Crippen LogP contribution in [-0.2, 0) is 4.79 Å². The van der Waals surface area contributed by atoms with Crippen LogP contribution in [0.4, 0.5) is 5.82 Å². The van der Waals surface area contributed by atoms with Crippen LogP contribution >= 0.6 is 0 Å². The van der Waals surface area contributed by atoms with Crippen molar-refractivity contribution in [3.63, 3.8) is 0 Å². The Hall–Kier alpha value is -2.26. The van der Waals surface area contributed by atoms with Gasteiger partial charge in [0.2, 0.25) is 6.08 Å². The fourth-order valence-corrected chi connectivity index (χ4v) is 1.26. The lowest BCUT2D eigenvalue weighted by molar-refractivity contribution is 0.565. The maximum atomic E-state index is 10.2. The Balaban J connectivity index is 2.57. The van der Waals surface area contributed by atoms with Gasteiger partial charge in [-0.3, -0.25) is 0 Å². The smallest absolute Gasteiger partial charge is 0.237 e. The minimum absolute atomic E-state index is 0.432. The highest BCUT2D eigenvalue weighted by Gasteiger charge is 2.06. The second-order valence-electron chi connectivity index (χ2n) is 2.95. The largest absolute Gasteiger partial charge is 0.242 e. The van der Waals surface area contributed by atoms with Gasteiger partial charge in [0.25, 0.3) is 0 Å². The summed E-state index contributed by atoms with van der Waals surface area (Å²) in [6, 6.07) is 7.13. The summed E-state index contributed by atoms with van der Waals surface area (Å²) < 4.78 is 1.50. The first kappa shape index (κ1) is 9.30. The SMILES string of the molecule is Cc1cc(N=C=O)n(-c2ccccn2)n1. The van der Waals surface area contributed by atoms with Gasteiger partial charge in [0.05, 0.1) is 5.69 Å². The molecule has 0 aromatic carbocycles. The molecule has 2 heterocycles. The van der Waals surface area contributed by atoms with Gasteiger partial charge in [0.15, 0.2) is 11.6 Å². The molecule has 5 nitrogen and oxygen atoms in total. The summed E-state index contributed by atoms with van der Waals surface area (Å²) in [5.74, 6) is 1.06. The summed E-state index contributed by atoms with van der Waals surface area (Å²) in [6.45, 7) is 1.82. The van der Waals surface area contributed by atoms with Crippen molar-refractivity contribution < 1.29 is 4.79 Å². The Morgan fingerprint density at radius 1 is 1.47 bits per heavy atom. The number of carbonyl (C=O) groups excluding carboxylic acids is 1. The zero-order valence-corrected chi connectivity index (χ0v) is 8.08. The third-order valence-electron chi connectivity index (χ3n) is 1.84. The third-order valence-corrected chi connectivity index (χ3v) is 1.84. The zero-order valence-electron chi connectivity index (χ0n) is 8.08. The normalized spacial score (nSPS) is 9.67. The first-order chi connectivity index (χ1) is 7.31. The van der Waals surface area contributed by atoms with E-state index < -0.39 is 0 Å². The first-order valence-electron chi connectivity index (χ1n) is 4.37. The number of rotatable bonds is 2. The Labute approximate surface area is 86.1 Å². The zero-order chi connectivity index (χ0) is 10.7. The van der Waals surface area contributed by atoms with Crippen molar-refractivity contribution in [3.05, 3.63) is 36.2 Å². The van der Waals surface area contributed by atoms with Gasteiger partial charge in [0, 0.05) is 12.3 Å². The Bertz CT molecular complexity index is 511. The lowest BCUT2D eigenvalue weighted by Gasteiger charge is -2.00. The fraction of sp³-hybridized carbons (Fsp3) is 0.100. The molecule has 0 bridgehead atoms. The van der Waals surface area contributed by atoms with Crippen molar-refractivity contribution in [3.8, 4) is 5.82 Å². The number of pyridine rings is 1. The van der Waals surface area contributed by atoms with E-state index >= 15 is 0 Å². The van der Waals surface area contributed by atoms with Crippen molar-refractivity contribution in [2.45, 2.75) is 6.92 Å².